The number of nitrogens with zero attached hydrogens (tertiary/aromatic N) is 5. The van der Waals surface area contributed by atoms with E-state index in [1.54, 1.807) is 26.0 Å². The van der Waals surface area contributed by atoms with Crippen LogP contribution in [0.5, 0.6) is 0 Å². The van der Waals surface area contributed by atoms with Crippen LogP contribution in [0.25, 0.3) is 5.52 Å². The quantitative estimate of drug-likeness (QED) is 0.0544. The van der Waals surface area contributed by atoms with Gasteiger partial charge in [0.15, 0.2) is 11.6 Å². The summed E-state index contributed by atoms with van der Waals surface area (Å²) in [6.07, 6.45) is 18.2. The molecule has 1 unspecified atom stereocenters. The van der Waals surface area contributed by atoms with E-state index in [2.05, 4.69) is 23.1 Å². The minimum Gasteiger partial charge on any atom is -0.382 e. The van der Waals surface area contributed by atoms with Gasteiger partial charge in [-0.1, -0.05) is 110 Å². The van der Waals surface area contributed by atoms with Crippen LogP contribution >= 0.6 is 7.82 Å². The molecule has 2 aliphatic rings. The zero-order chi connectivity index (χ0) is 42.3. The van der Waals surface area contributed by atoms with Crippen molar-refractivity contribution in [3.8, 4) is 12.1 Å². The third kappa shape index (κ3) is 13.5. The van der Waals surface area contributed by atoms with Crippen LogP contribution in [0.2, 0.25) is 0 Å². The predicted molar refractivity (Wildman–Crippen MR) is 219 cm³/mol. The van der Waals surface area contributed by atoms with Gasteiger partial charge in [0.25, 0.3) is 0 Å². The molecule has 59 heavy (non-hydrogen) atoms. The molecule has 0 amide bonds. The molecule has 3 N–H and O–H groups in total. The van der Waals surface area contributed by atoms with E-state index in [0.29, 0.717) is 23.2 Å². The SMILES string of the molecule is CCCCCCCCCCCCCCCCCC[C@H](COP(=O)(O)OC[C@@]1(C#N)O[C@@H](c2ccc3c(N)ncnn23)[C@@H]2OC(C)(C)O[C@@H]21)OCc1cc(F)cc(C#N)c1. The molecule has 4 heterocycles. The first-order valence-corrected chi connectivity index (χ1v) is 22.8. The lowest BCUT2D eigenvalue weighted by atomic mass is 9.96. The number of hydrogen-bond donors (Lipinski definition) is 2. The molecule has 0 spiro atoms. The number of hydrogen-bond acceptors (Lipinski definition) is 12. The minimum absolute atomic E-state index is 0.0378. The maximum atomic E-state index is 14.2. The first kappa shape index (κ1) is 46.6. The van der Waals surface area contributed by atoms with E-state index in [1.807, 2.05) is 6.07 Å². The molecule has 0 bridgehead atoms. The number of anilines is 1. The fourth-order valence-electron chi connectivity index (χ4n) is 7.93. The Bertz CT molecular complexity index is 1920. The number of halogens is 1. The molecule has 0 aliphatic carbocycles. The van der Waals surface area contributed by atoms with Crippen LogP contribution in [-0.2, 0) is 39.2 Å². The fraction of sp³-hybridized carbons (Fsp3) is 0.674. The molecule has 3 aromatic rings. The molecule has 1 aromatic carbocycles. The third-order valence-electron chi connectivity index (χ3n) is 11.0. The Morgan fingerprint density at radius 3 is 2.20 bits per heavy atom. The Hall–Kier alpha value is -3.50. The van der Waals surface area contributed by atoms with Gasteiger partial charge < -0.3 is 29.6 Å². The summed E-state index contributed by atoms with van der Waals surface area (Å²) in [5, 5.41) is 24.1. The van der Waals surface area contributed by atoms with Gasteiger partial charge in [0.2, 0.25) is 5.60 Å². The number of nitrogens with two attached hydrogens (primary N) is 1. The number of aromatic nitrogens is 3. The number of fused-ring (bicyclic) bond motifs is 2. The summed E-state index contributed by atoms with van der Waals surface area (Å²) in [5.74, 6) is -1.42. The normalized spacial score (nSPS) is 22.5. The Kier molecular flexibility index (Phi) is 17.7. The molecule has 5 rings (SSSR count). The van der Waals surface area contributed by atoms with Gasteiger partial charge in [0.1, 0.15) is 48.6 Å². The summed E-state index contributed by atoms with van der Waals surface area (Å²) in [6, 6.07) is 11.5. The van der Waals surface area contributed by atoms with Crippen molar-refractivity contribution in [3.63, 3.8) is 0 Å². The summed E-state index contributed by atoms with van der Waals surface area (Å²) >= 11 is 0. The monoisotopic (exact) mass is 840 g/mol. The Morgan fingerprint density at radius 2 is 1.58 bits per heavy atom. The molecule has 6 atom stereocenters. The molecule has 0 radical (unpaired) electrons. The van der Waals surface area contributed by atoms with Gasteiger partial charge in [-0.05, 0) is 56.2 Å². The van der Waals surface area contributed by atoms with Crippen LogP contribution < -0.4 is 5.73 Å². The zero-order valence-electron chi connectivity index (χ0n) is 34.9. The van der Waals surface area contributed by atoms with Gasteiger partial charge in [-0.2, -0.15) is 15.6 Å². The highest BCUT2D eigenvalue weighted by molar-refractivity contribution is 7.47. The zero-order valence-corrected chi connectivity index (χ0v) is 35.8. The molecule has 16 heteroatoms. The van der Waals surface area contributed by atoms with E-state index < -0.39 is 56.1 Å². The number of nitriles is 2. The molecule has 2 fully saturated rings. The summed E-state index contributed by atoms with van der Waals surface area (Å²) in [7, 11) is -4.79. The second-order valence-corrected chi connectivity index (χ2v) is 17.7. The van der Waals surface area contributed by atoms with Crippen molar-refractivity contribution in [1.29, 1.82) is 10.5 Å². The van der Waals surface area contributed by atoms with Crippen LogP contribution in [0.15, 0.2) is 36.7 Å². The lowest BCUT2D eigenvalue weighted by molar-refractivity contribution is -0.204. The molecular formula is C43H62FN6O8P. The van der Waals surface area contributed by atoms with Crippen LogP contribution in [0.1, 0.15) is 153 Å². The van der Waals surface area contributed by atoms with Gasteiger partial charge in [-0.15, -0.1) is 0 Å². The van der Waals surface area contributed by atoms with Crippen LogP contribution in [0, 0.1) is 28.5 Å². The van der Waals surface area contributed by atoms with Gasteiger partial charge >= 0.3 is 7.82 Å². The average Bonchev–Trinajstić information content (AvgIpc) is 3.87. The second-order valence-electron chi connectivity index (χ2n) is 16.3. The second kappa shape index (κ2) is 22.4. The molecule has 324 valence electrons. The Labute approximate surface area is 348 Å². The first-order valence-electron chi connectivity index (χ1n) is 21.3. The fourth-order valence-corrected chi connectivity index (χ4v) is 8.71. The van der Waals surface area contributed by atoms with Gasteiger partial charge in [-0.3, -0.25) is 9.05 Å². The molecule has 2 aromatic heterocycles. The van der Waals surface area contributed by atoms with Crippen molar-refractivity contribution >= 4 is 19.2 Å². The average molecular weight is 841 g/mol. The number of unbranched alkanes of at least 4 members (excludes halogenated alkanes) is 15. The lowest BCUT2D eigenvalue weighted by Crippen LogP contribution is -2.45. The predicted octanol–water partition coefficient (Wildman–Crippen LogP) is 9.55. The molecule has 2 saturated heterocycles. The first-order chi connectivity index (χ1) is 28.4. The van der Waals surface area contributed by atoms with Crippen LogP contribution in [0.3, 0.4) is 0 Å². The van der Waals surface area contributed by atoms with E-state index in [0.717, 1.165) is 31.7 Å². The summed E-state index contributed by atoms with van der Waals surface area (Å²) < 4.78 is 64.7. The third-order valence-corrected chi connectivity index (χ3v) is 12.0. The number of phosphoric acid groups is 1. The summed E-state index contributed by atoms with van der Waals surface area (Å²) in [4.78, 5) is 14.9. The topological polar surface area (TPSA) is 196 Å². The van der Waals surface area contributed by atoms with E-state index >= 15 is 0 Å². The van der Waals surface area contributed by atoms with Gasteiger partial charge in [-0.25, -0.2) is 18.5 Å². The van der Waals surface area contributed by atoms with Crippen molar-refractivity contribution in [2.75, 3.05) is 18.9 Å². The van der Waals surface area contributed by atoms with Crippen LogP contribution in [0.4, 0.5) is 10.2 Å². The summed E-state index contributed by atoms with van der Waals surface area (Å²) in [5.41, 5.74) is 5.83. The van der Waals surface area contributed by atoms with E-state index in [-0.39, 0.29) is 24.6 Å². The highest BCUT2D eigenvalue weighted by Crippen LogP contribution is 2.52. The standard InChI is InChI=1S/C43H62FN6O8P/c1-4-5-6-7-8-9-10-11-12-13-14-15-16-17-18-19-20-35(53-27-33-23-32(26-45)24-34(44)25-33)28-54-59(51,52)55-30-43(29-46)40-39(56-42(2,3)58-40)38(57-43)36-21-22-37-41(47)48-31-49-50(36)37/h21-25,31,35,38-40H,4-20,27-28,30H2,1-3H3,(H,51,52)(H2,47,48,49)/t35-,38+,39+,40+,43-/m1/s1. The minimum atomic E-state index is -4.79. The van der Waals surface area contributed by atoms with E-state index in [1.165, 1.54) is 100 Å². The largest absolute Gasteiger partial charge is 0.472 e. The van der Waals surface area contributed by atoms with Crippen LogP contribution in [-0.4, -0.2) is 62.4 Å². The van der Waals surface area contributed by atoms with E-state index in [9.17, 15) is 24.4 Å². The van der Waals surface area contributed by atoms with Crippen molar-refractivity contribution in [3.05, 3.63) is 59.3 Å². The lowest BCUT2D eigenvalue weighted by Gasteiger charge is -2.29. The number of phosphoric ester groups is 1. The van der Waals surface area contributed by atoms with Crippen molar-refractivity contribution in [2.45, 2.75) is 172 Å². The summed E-state index contributed by atoms with van der Waals surface area (Å²) in [6.45, 7) is 4.62. The maximum Gasteiger partial charge on any atom is 0.472 e. The highest BCUT2D eigenvalue weighted by atomic mass is 31.2. The molecular weight excluding hydrogens is 778 g/mol. The number of nitrogen functional groups attached to an aromatic ring is 1. The number of rotatable bonds is 27. The number of benzene rings is 1. The molecule has 2 aliphatic heterocycles. The van der Waals surface area contributed by atoms with Crippen molar-refractivity contribution < 1.29 is 41.8 Å². The Balaban J connectivity index is 1.12. The molecule has 0 saturated carbocycles. The smallest absolute Gasteiger partial charge is 0.382 e. The number of ether oxygens (including phenoxy) is 4. The Morgan fingerprint density at radius 1 is 0.932 bits per heavy atom. The van der Waals surface area contributed by atoms with Gasteiger partial charge in [0, 0.05) is 0 Å². The van der Waals surface area contributed by atoms with E-state index in [4.69, 9.17) is 33.7 Å². The van der Waals surface area contributed by atoms with Crippen molar-refractivity contribution in [2.24, 2.45) is 0 Å². The molecule has 14 nitrogen and oxygen atoms in total. The van der Waals surface area contributed by atoms with Gasteiger partial charge in [0.05, 0.1) is 36.6 Å². The highest BCUT2D eigenvalue weighted by Gasteiger charge is 2.65. The van der Waals surface area contributed by atoms with Crippen molar-refractivity contribution in [1.82, 2.24) is 14.6 Å². The maximum absolute atomic E-state index is 14.2.